The van der Waals surface area contributed by atoms with E-state index in [2.05, 4.69) is 55.0 Å². The summed E-state index contributed by atoms with van der Waals surface area (Å²) in [5.41, 5.74) is 3.95. The van der Waals surface area contributed by atoms with E-state index in [1.54, 1.807) is 0 Å². The van der Waals surface area contributed by atoms with Gasteiger partial charge in [-0.3, -0.25) is 9.69 Å². The molecule has 130 valence electrons. The third-order valence-electron chi connectivity index (χ3n) is 4.86. The van der Waals surface area contributed by atoms with Gasteiger partial charge in [-0.2, -0.15) is 0 Å². The third-order valence-corrected chi connectivity index (χ3v) is 4.86. The molecule has 0 aliphatic carbocycles. The number of aryl methyl sites for hydroxylation is 2. The number of aromatic nitrogens is 1. The number of aromatic amines is 1. The van der Waals surface area contributed by atoms with Gasteiger partial charge in [0.25, 0.3) is 5.91 Å². The number of hydrogen-bond donors (Lipinski definition) is 2. The molecule has 5 nitrogen and oxygen atoms in total. The highest BCUT2D eigenvalue weighted by Crippen LogP contribution is 2.21. The van der Waals surface area contributed by atoms with Gasteiger partial charge in [0.15, 0.2) is 0 Å². The van der Waals surface area contributed by atoms with Crippen molar-refractivity contribution in [3.05, 3.63) is 35.0 Å². The summed E-state index contributed by atoms with van der Waals surface area (Å²) < 4.78 is 5.41. The largest absolute Gasteiger partial charge is 0.379 e. The molecule has 0 saturated carbocycles. The maximum atomic E-state index is 12.6. The fraction of sp³-hybridized carbons (Fsp3) is 0.526. The summed E-state index contributed by atoms with van der Waals surface area (Å²) in [6.45, 7) is 12.4. The van der Waals surface area contributed by atoms with Crippen LogP contribution in [0, 0.1) is 13.8 Å². The van der Waals surface area contributed by atoms with Crippen LogP contribution in [-0.2, 0) is 4.74 Å². The van der Waals surface area contributed by atoms with E-state index >= 15 is 0 Å². The fourth-order valence-corrected chi connectivity index (χ4v) is 3.41. The zero-order valence-corrected chi connectivity index (χ0v) is 15.0. The van der Waals surface area contributed by atoms with Crippen molar-refractivity contribution < 1.29 is 9.53 Å². The second kappa shape index (κ2) is 6.57. The number of benzene rings is 1. The predicted molar refractivity (Wildman–Crippen MR) is 96.6 cm³/mol. The quantitative estimate of drug-likeness (QED) is 0.906. The molecule has 24 heavy (non-hydrogen) atoms. The molecule has 0 spiro atoms. The average Bonchev–Trinajstić information content (AvgIpc) is 2.98. The molecule has 1 aromatic carbocycles. The van der Waals surface area contributed by atoms with Gasteiger partial charge in [-0.15, -0.1) is 0 Å². The number of carbonyl (C=O) groups excluding carboxylic acids is 1. The molecule has 2 heterocycles. The van der Waals surface area contributed by atoms with E-state index in [0.29, 0.717) is 12.2 Å². The number of nitrogens with one attached hydrogen (secondary N) is 2. The predicted octanol–water partition coefficient (Wildman–Crippen LogP) is 2.63. The molecule has 1 aliphatic rings. The fourth-order valence-electron chi connectivity index (χ4n) is 3.41. The molecule has 0 atom stereocenters. The van der Waals surface area contributed by atoms with Gasteiger partial charge in [0, 0.05) is 36.1 Å². The molecule has 0 radical (unpaired) electrons. The Kier molecular flexibility index (Phi) is 4.65. The second-order valence-corrected chi connectivity index (χ2v) is 7.32. The van der Waals surface area contributed by atoms with E-state index in [-0.39, 0.29) is 11.4 Å². The Labute approximate surface area is 143 Å². The topological polar surface area (TPSA) is 57.4 Å². The Morgan fingerprint density at radius 1 is 1.25 bits per heavy atom. The lowest BCUT2D eigenvalue weighted by Crippen LogP contribution is -2.55. The number of nitrogens with zero attached hydrogens (tertiary/aromatic N) is 1. The van der Waals surface area contributed by atoms with Crippen LogP contribution in [0.15, 0.2) is 18.2 Å². The van der Waals surface area contributed by atoms with Gasteiger partial charge in [-0.1, -0.05) is 11.6 Å². The van der Waals surface area contributed by atoms with E-state index in [0.717, 1.165) is 42.8 Å². The first-order valence-corrected chi connectivity index (χ1v) is 8.58. The maximum Gasteiger partial charge on any atom is 0.267 e. The van der Waals surface area contributed by atoms with Crippen LogP contribution in [0.4, 0.5) is 0 Å². The number of H-pyrrole nitrogens is 1. The Morgan fingerprint density at radius 2 is 1.96 bits per heavy atom. The standard InChI is InChI=1S/C19H27N3O2/c1-13-9-14(2)17-15(10-13)11-16(21-17)18(23)20-12-19(3,4)22-5-7-24-8-6-22/h9-11,21H,5-8,12H2,1-4H3,(H,20,23). The number of amides is 1. The van der Waals surface area contributed by atoms with E-state index in [1.807, 2.05) is 6.07 Å². The van der Waals surface area contributed by atoms with Crippen LogP contribution in [0.2, 0.25) is 0 Å². The van der Waals surface area contributed by atoms with Crippen molar-refractivity contribution in [2.24, 2.45) is 0 Å². The van der Waals surface area contributed by atoms with E-state index in [1.165, 1.54) is 5.56 Å². The lowest BCUT2D eigenvalue weighted by molar-refractivity contribution is -0.00924. The van der Waals surface area contributed by atoms with Gasteiger partial charge in [-0.05, 0) is 45.4 Å². The van der Waals surface area contributed by atoms with Crippen molar-refractivity contribution in [1.29, 1.82) is 0 Å². The summed E-state index contributed by atoms with van der Waals surface area (Å²) in [5, 5.41) is 4.17. The van der Waals surface area contributed by atoms with Crippen molar-refractivity contribution in [1.82, 2.24) is 15.2 Å². The number of rotatable bonds is 4. The van der Waals surface area contributed by atoms with E-state index in [9.17, 15) is 4.79 Å². The average molecular weight is 329 g/mol. The highest BCUT2D eigenvalue weighted by molar-refractivity contribution is 5.98. The van der Waals surface area contributed by atoms with Crippen LogP contribution >= 0.6 is 0 Å². The molecular formula is C19H27N3O2. The molecule has 1 saturated heterocycles. The minimum Gasteiger partial charge on any atom is -0.379 e. The molecule has 0 bridgehead atoms. The van der Waals surface area contributed by atoms with Crippen LogP contribution in [0.3, 0.4) is 0 Å². The molecule has 5 heteroatoms. The van der Waals surface area contributed by atoms with Crippen molar-refractivity contribution >= 4 is 16.8 Å². The summed E-state index contributed by atoms with van der Waals surface area (Å²) >= 11 is 0. The van der Waals surface area contributed by atoms with Gasteiger partial charge < -0.3 is 15.0 Å². The normalized spacial score (nSPS) is 16.5. The Balaban J connectivity index is 1.69. The van der Waals surface area contributed by atoms with Gasteiger partial charge >= 0.3 is 0 Å². The minimum absolute atomic E-state index is 0.0513. The number of fused-ring (bicyclic) bond motifs is 1. The highest BCUT2D eigenvalue weighted by Gasteiger charge is 2.28. The lowest BCUT2D eigenvalue weighted by atomic mass is 10.0. The number of morpholine rings is 1. The zero-order valence-electron chi connectivity index (χ0n) is 15.0. The Hall–Kier alpha value is -1.85. The summed E-state index contributed by atoms with van der Waals surface area (Å²) in [6.07, 6.45) is 0. The lowest BCUT2D eigenvalue weighted by Gasteiger charge is -2.40. The minimum atomic E-state index is -0.0854. The molecule has 1 fully saturated rings. The SMILES string of the molecule is Cc1cc(C)c2[nH]c(C(=O)NCC(C)(C)N3CCOCC3)cc2c1. The van der Waals surface area contributed by atoms with Crippen LogP contribution in [0.1, 0.15) is 35.5 Å². The van der Waals surface area contributed by atoms with E-state index in [4.69, 9.17) is 4.74 Å². The van der Waals surface area contributed by atoms with Crippen molar-refractivity contribution in [2.75, 3.05) is 32.8 Å². The van der Waals surface area contributed by atoms with Gasteiger partial charge in [0.1, 0.15) is 5.69 Å². The molecular weight excluding hydrogens is 302 g/mol. The molecule has 1 aliphatic heterocycles. The highest BCUT2D eigenvalue weighted by atomic mass is 16.5. The van der Waals surface area contributed by atoms with Crippen molar-refractivity contribution in [3.63, 3.8) is 0 Å². The smallest absolute Gasteiger partial charge is 0.267 e. The Morgan fingerprint density at radius 3 is 2.67 bits per heavy atom. The monoisotopic (exact) mass is 329 g/mol. The van der Waals surface area contributed by atoms with Gasteiger partial charge in [0.05, 0.1) is 13.2 Å². The summed E-state index contributed by atoms with van der Waals surface area (Å²) in [6, 6.07) is 6.17. The molecule has 2 aromatic rings. The van der Waals surface area contributed by atoms with Crippen molar-refractivity contribution in [3.8, 4) is 0 Å². The molecule has 1 amide bonds. The van der Waals surface area contributed by atoms with Crippen LogP contribution in [0.5, 0.6) is 0 Å². The van der Waals surface area contributed by atoms with E-state index < -0.39 is 0 Å². The molecule has 0 unspecified atom stereocenters. The number of carbonyl (C=O) groups is 1. The maximum absolute atomic E-state index is 12.6. The first kappa shape index (κ1) is 17.0. The van der Waals surface area contributed by atoms with Crippen molar-refractivity contribution in [2.45, 2.75) is 33.2 Å². The first-order chi connectivity index (χ1) is 11.4. The summed E-state index contributed by atoms with van der Waals surface area (Å²) in [5.74, 6) is -0.0513. The van der Waals surface area contributed by atoms with Gasteiger partial charge in [-0.25, -0.2) is 0 Å². The van der Waals surface area contributed by atoms with Gasteiger partial charge in [0.2, 0.25) is 0 Å². The first-order valence-electron chi connectivity index (χ1n) is 8.58. The summed E-state index contributed by atoms with van der Waals surface area (Å²) in [7, 11) is 0. The molecule has 2 N–H and O–H groups in total. The second-order valence-electron chi connectivity index (χ2n) is 7.32. The van der Waals surface area contributed by atoms with Crippen LogP contribution in [-0.4, -0.2) is 54.2 Å². The zero-order chi connectivity index (χ0) is 17.3. The summed E-state index contributed by atoms with van der Waals surface area (Å²) in [4.78, 5) is 18.2. The third kappa shape index (κ3) is 3.47. The molecule has 1 aromatic heterocycles. The van der Waals surface area contributed by atoms with Crippen LogP contribution in [0.25, 0.3) is 10.9 Å². The number of ether oxygens (including phenoxy) is 1. The number of hydrogen-bond acceptors (Lipinski definition) is 3. The molecule has 3 rings (SSSR count). The Bertz CT molecular complexity index is 742. The van der Waals surface area contributed by atoms with Crippen LogP contribution < -0.4 is 5.32 Å².